The van der Waals surface area contributed by atoms with Gasteiger partial charge in [-0.1, -0.05) is 11.6 Å². The zero-order chi connectivity index (χ0) is 14.8. The summed E-state index contributed by atoms with van der Waals surface area (Å²) < 4.78 is 5.55. The van der Waals surface area contributed by atoms with Gasteiger partial charge in [-0.05, 0) is 37.5 Å². The van der Waals surface area contributed by atoms with Crippen molar-refractivity contribution in [2.24, 2.45) is 5.92 Å². The Hall–Kier alpha value is -1.28. The number of rotatable bonds is 2. The monoisotopic (exact) mass is 306 g/mol. The van der Waals surface area contributed by atoms with E-state index < -0.39 is 0 Å². The van der Waals surface area contributed by atoms with E-state index >= 15 is 0 Å². The molecule has 112 valence electrons. The van der Waals surface area contributed by atoms with Gasteiger partial charge in [-0.25, -0.2) is 0 Å². The van der Waals surface area contributed by atoms with Crippen molar-refractivity contribution in [1.82, 2.24) is 0 Å². The molecule has 5 heteroatoms. The Balaban J connectivity index is 1.83. The highest BCUT2D eigenvalue weighted by Crippen LogP contribution is 2.35. The van der Waals surface area contributed by atoms with Gasteiger partial charge in [0.1, 0.15) is 6.07 Å². The molecule has 1 N–H and O–H groups in total. The van der Waals surface area contributed by atoms with Crippen LogP contribution in [0.5, 0.6) is 0 Å². The summed E-state index contributed by atoms with van der Waals surface area (Å²) in [5.41, 5.74) is 1.52. The molecule has 0 aromatic heterocycles. The fourth-order valence-electron chi connectivity index (χ4n) is 3.45. The molecule has 3 rings (SSSR count). The number of benzene rings is 1. The first kappa shape index (κ1) is 14.6. The van der Waals surface area contributed by atoms with Crippen molar-refractivity contribution in [3.8, 4) is 6.07 Å². The van der Waals surface area contributed by atoms with E-state index in [0.29, 0.717) is 30.2 Å². The molecule has 2 saturated heterocycles. The van der Waals surface area contributed by atoms with Crippen molar-refractivity contribution in [3.05, 3.63) is 28.8 Å². The minimum Gasteiger partial charge on any atom is -0.393 e. The molecule has 0 bridgehead atoms. The summed E-state index contributed by atoms with van der Waals surface area (Å²) in [4.78, 5) is 2.30. The lowest BCUT2D eigenvalue weighted by Crippen LogP contribution is -2.46. The second-order valence-electron chi connectivity index (χ2n) is 5.77. The van der Waals surface area contributed by atoms with E-state index in [1.165, 1.54) is 0 Å². The molecule has 4 nitrogen and oxygen atoms in total. The number of aliphatic hydroxyl groups is 1. The van der Waals surface area contributed by atoms with Crippen LogP contribution in [0.25, 0.3) is 0 Å². The average Bonchev–Trinajstić information content (AvgIpc) is 2.97. The van der Waals surface area contributed by atoms with E-state index in [2.05, 4.69) is 11.0 Å². The first-order chi connectivity index (χ1) is 10.2. The van der Waals surface area contributed by atoms with Crippen LogP contribution >= 0.6 is 11.6 Å². The first-order valence-electron chi connectivity index (χ1n) is 7.43. The summed E-state index contributed by atoms with van der Waals surface area (Å²) in [6.07, 6.45) is 2.58. The average molecular weight is 307 g/mol. The number of ether oxygens (including phenoxy) is 1. The lowest BCUT2D eigenvalue weighted by Gasteiger charge is -2.38. The van der Waals surface area contributed by atoms with Crippen LogP contribution in [-0.4, -0.2) is 37.0 Å². The molecule has 2 fully saturated rings. The number of nitrogens with zero attached hydrogens (tertiary/aromatic N) is 2. The second-order valence-corrected chi connectivity index (χ2v) is 6.18. The van der Waals surface area contributed by atoms with Crippen LogP contribution in [0.15, 0.2) is 18.2 Å². The zero-order valence-corrected chi connectivity index (χ0v) is 12.6. The lowest BCUT2D eigenvalue weighted by atomic mass is 9.89. The van der Waals surface area contributed by atoms with Crippen molar-refractivity contribution in [1.29, 1.82) is 5.26 Å². The normalized spacial score (nSPS) is 29.4. The molecule has 0 amide bonds. The van der Waals surface area contributed by atoms with Crippen molar-refractivity contribution < 1.29 is 9.84 Å². The minimum atomic E-state index is -0.293. The van der Waals surface area contributed by atoms with Crippen LogP contribution in [-0.2, 0) is 4.74 Å². The largest absolute Gasteiger partial charge is 0.393 e. The molecule has 2 heterocycles. The maximum absolute atomic E-state index is 10.3. The number of halogens is 1. The molecule has 1 aromatic rings. The van der Waals surface area contributed by atoms with Gasteiger partial charge >= 0.3 is 0 Å². The van der Waals surface area contributed by atoms with Crippen LogP contribution < -0.4 is 4.90 Å². The highest BCUT2D eigenvalue weighted by atomic mass is 35.5. The second kappa shape index (κ2) is 6.23. The third-order valence-electron chi connectivity index (χ3n) is 4.56. The van der Waals surface area contributed by atoms with Crippen LogP contribution in [0.2, 0.25) is 5.02 Å². The molecule has 2 aliphatic rings. The Morgan fingerprint density at radius 2 is 2.24 bits per heavy atom. The minimum absolute atomic E-state index is 0.149. The summed E-state index contributed by atoms with van der Waals surface area (Å²) in [6, 6.07) is 7.93. The number of nitriles is 1. The maximum atomic E-state index is 10.3. The number of hydrogen-bond donors (Lipinski definition) is 1. The van der Waals surface area contributed by atoms with Gasteiger partial charge in [0.2, 0.25) is 0 Å². The predicted octanol–water partition coefficient (Wildman–Crippen LogP) is 2.58. The standard InChI is InChI=1S/C16H19ClN2O2/c17-14-8-12(4-3-11(14)9-18)19-6-1-2-15(19)13-10-21-7-5-16(13)20/h3-4,8,13,15-16,20H,1-2,5-7,10H2/t13-,15+,16+/m0/s1. The van der Waals surface area contributed by atoms with E-state index in [-0.39, 0.29) is 18.1 Å². The maximum Gasteiger partial charge on any atom is 0.101 e. The topological polar surface area (TPSA) is 56.5 Å². The Morgan fingerprint density at radius 1 is 1.38 bits per heavy atom. The Bertz CT molecular complexity index is 558. The lowest BCUT2D eigenvalue weighted by molar-refractivity contribution is -0.0437. The smallest absolute Gasteiger partial charge is 0.101 e. The molecule has 0 saturated carbocycles. The first-order valence-corrected chi connectivity index (χ1v) is 7.80. The van der Waals surface area contributed by atoms with Gasteiger partial charge in [-0.15, -0.1) is 0 Å². The molecule has 0 radical (unpaired) electrons. The summed E-state index contributed by atoms with van der Waals surface area (Å²) in [5.74, 6) is 0.149. The van der Waals surface area contributed by atoms with Crippen molar-refractivity contribution in [2.45, 2.75) is 31.4 Å². The summed E-state index contributed by atoms with van der Waals surface area (Å²) >= 11 is 6.15. The van der Waals surface area contributed by atoms with Gasteiger partial charge in [-0.2, -0.15) is 5.26 Å². The number of aliphatic hydroxyl groups excluding tert-OH is 1. The van der Waals surface area contributed by atoms with E-state index in [4.69, 9.17) is 21.6 Å². The third kappa shape index (κ3) is 2.87. The van der Waals surface area contributed by atoms with Gasteiger partial charge in [0.05, 0.1) is 23.3 Å². The SMILES string of the molecule is N#Cc1ccc(N2CCC[C@@H]2[C@@H]2COCC[C@H]2O)cc1Cl. The molecule has 0 unspecified atom stereocenters. The van der Waals surface area contributed by atoms with Gasteiger partial charge in [0.25, 0.3) is 0 Å². The molecule has 1 aromatic carbocycles. The number of hydrogen-bond acceptors (Lipinski definition) is 4. The van der Waals surface area contributed by atoms with Gasteiger partial charge in [0, 0.05) is 30.8 Å². The van der Waals surface area contributed by atoms with Crippen molar-refractivity contribution in [3.63, 3.8) is 0 Å². The fraction of sp³-hybridized carbons (Fsp3) is 0.562. The zero-order valence-electron chi connectivity index (χ0n) is 11.8. The highest BCUT2D eigenvalue weighted by Gasteiger charge is 2.37. The summed E-state index contributed by atoms with van der Waals surface area (Å²) in [5, 5.41) is 19.7. The van der Waals surface area contributed by atoms with Crippen LogP contribution in [0.3, 0.4) is 0 Å². The van der Waals surface area contributed by atoms with Crippen molar-refractivity contribution in [2.75, 3.05) is 24.7 Å². The Morgan fingerprint density at radius 3 is 2.95 bits per heavy atom. The molecule has 3 atom stereocenters. The molecule has 0 spiro atoms. The molecular formula is C16H19ClN2O2. The van der Waals surface area contributed by atoms with Crippen LogP contribution in [0.1, 0.15) is 24.8 Å². The number of anilines is 1. The molecule has 21 heavy (non-hydrogen) atoms. The Kier molecular flexibility index (Phi) is 4.34. The highest BCUT2D eigenvalue weighted by molar-refractivity contribution is 6.32. The molecule has 2 aliphatic heterocycles. The van der Waals surface area contributed by atoms with Crippen LogP contribution in [0, 0.1) is 17.2 Å². The fourth-order valence-corrected chi connectivity index (χ4v) is 3.66. The van der Waals surface area contributed by atoms with Gasteiger partial charge < -0.3 is 14.7 Å². The molecule has 0 aliphatic carbocycles. The third-order valence-corrected chi connectivity index (χ3v) is 4.87. The summed E-state index contributed by atoms with van der Waals surface area (Å²) in [7, 11) is 0. The quantitative estimate of drug-likeness (QED) is 0.912. The van der Waals surface area contributed by atoms with Crippen LogP contribution in [0.4, 0.5) is 5.69 Å². The Labute approximate surface area is 129 Å². The van der Waals surface area contributed by atoms with Gasteiger partial charge in [-0.3, -0.25) is 0 Å². The van der Waals surface area contributed by atoms with Crippen molar-refractivity contribution >= 4 is 17.3 Å². The summed E-state index contributed by atoms with van der Waals surface area (Å²) in [6.45, 7) is 2.22. The predicted molar refractivity (Wildman–Crippen MR) is 81.5 cm³/mol. The van der Waals surface area contributed by atoms with E-state index in [1.54, 1.807) is 6.07 Å². The van der Waals surface area contributed by atoms with E-state index in [1.807, 2.05) is 12.1 Å². The molecular weight excluding hydrogens is 288 g/mol. The van der Waals surface area contributed by atoms with E-state index in [0.717, 1.165) is 25.1 Å². The van der Waals surface area contributed by atoms with E-state index in [9.17, 15) is 5.11 Å². The van der Waals surface area contributed by atoms with Gasteiger partial charge in [0.15, 0.2) is 0 Å².